The van der Waals surface area contributed by atoms with E-state index in [2.05, 4.69) is 32.0 Å². The molecule has 0 saturated carbocycles. The lowest BCUT2D eigenvalue weighted by Crippen LogP contribution is -2.46. The summed E-state index contributed by atoms with van der Waals surface area (Å²) < 4.78 is 45.9. The maximum Gasteiger partial charge on any atom is 0.433 e. The lowest BCUT2D eigenvalue weighted by Gasteiger charge is -2.35. The van der Waals surface area contributed by atoms with E-state index in [0.29, 0.717) is 36.8 Å². The van der Waals surface area contributed by atoms with Crippen LogP contribution < -0.4 is 10.2 Å². The number of hydrogen-bond donors (Lipinski definition) is 1. The van der Waals surface area contributed by atoms with E-state index in [0.717, 1.165) is 75.9 Å². The number of halogens is 3. The Morgan fingerprint density at radius 3 is 2.38 bits per heavy atom. The quantitative estimate of drug-likeness (QED) is 0.386. The highest BCUT2D eigenvalue weighted by Crippen LogP contribution is 2.32. The van der Waals surface area contributed by atoms with Crippen molar-refractivity contribution < 1.29 is 22.7 Å². The molecule has 2 aliphatic heterocycles. The molecule has 0 bridgehead atoms. The Hall–Kier alpha value is -2.41. The summed E-state index contributed by atoms with van der Waals surface area (Å²) in [5.74, 6) is 0.551. The van der Waals surface area contributed by atoms with Crippen LogP contribution in [0.2, 0.25) is 0 Å². The number of benzene rings is 1. The van der Waals surface area contributed by atoms with Crippen LogP contribution in [0.1, 0.15) is 28.5 Å². The second-order valence-corrected chi connectivity index (χ2v) is 9.95. The number of anilines is 1. The smallest absolute Gasteiger partial charge is 0.379 e. The molecule has 0 unspecified atom stereocenters. The molecule has 1 aromatic carbocycles. The number of piperazine rings is 1. The Labute approximate surface area is 219 Å². The second-order valence-electron chi connectivity index (χ2n) is 9.01. The Morgan fingerprint density at radius 2 is 1.73 bits per heavy atom. The predicted molar refractivity (Wildman–Crippen MR) is 137 cm³/mol. The summed E-state index contributed by atoms with van der Waals surface area (Å²) in [4.78, 5) is 27.0. The summed E-state index contributed by atoms with van der Waals surface area (Å²) in [7, 11) is 0. The van der Waals surface area contributed by atoms with Gasteiger partial charge < -0.3 is 19.9 Å². The highest BCUT2D eigenvalue weighted by Gasteiger charge is 2.34. The Bertz CT molecular complexity index is 1030. The zero-order chi connectivity index (χ0) is 26.3. The van der Waals surface area contributed by atoms with Gasteiger partial charge >= 0.3 is 6.18 Å². The first-order chi connectivity index (χ1) is 17.8. The van der Waals surface area contributed by atoms with Gasteiger partial charge in [-0.05, 0) is 24.2 Å². The van der Waals surface area contributed by atoms with Crippen LogP contribution >= 0.6 is 11.8 Å². The van der Waals surface area contributed by atoms with E-state index in [-0.39, 0.29) is 11.1 Å². The number of rotatable bonds is 9. The number of carbonyl (C=O) groups excluding carboxylic acids is 1. The van der Waals surface area contributed by atoms with Gasteiger partial charge in [0.1, 0.15) is 5.82 Å². The molecule has 202 valence electrons. The number of morpholine rings is 1. The molecular formula is C25H33F3N6O2S. The minimum Gasteiger partial charge on any atom is -0.379 e. The molecule has 12 heteroatoms. The zero-order valence-electron chi connectivity index (χ0n) is 21.0. The molecule has 8 nitrogen and oxygen atoms in total. The van der Waals surface area contributed by atoms with Crippen LogP contribution in [-0.2, 0) is 16.7 Å². The molecule has 2 aromatic rings. The van der Waals surface area contributed by atoms with Crippen molar-refractivity contribution in [3.05, 3.63) is 47.2 Å². The molecule has 2 saturated heterocycles. The van der Waals surface area contributed by atoms with Crippen molar-refractivity contribution in [3.63, 3.8) is 0 Å². The number of nitrogens with zero attached hydrogens (tertiary/aromatic N) is 5. The maximum atomic E-state index is 13.5. The van der Waals surface area contributed by atoms with Gasteiger partial charge in [-0.2, -0.15) is 13.2 Å². The van der Waals surface area contributed by atoms with Crippen LogP contribution in [0.15, 0.2) is 35.5 Å². The van der Waals surface area contributed by atoms with Gasteiger partial charge in [-0.1, -0.05) is 30.8 Å². The fourth-order valence-corrected chi connectivity index (χ4v) is 5.04. The minimum atomic E-state index is -4.55. The van der Waals surface area contributed by atoms with Gasteiger partial charge in [-0.3, -0.25) is 9.69 Å². The molecule has 2 aliphatic rings. The van der Waals surface area contributed by atoms with Crippen molar-refractivity contribution in [1.29, 1.82) is 0 Å². The molecule has 1 aromatic heterocycles. The maximum absolute atomic E-state index is 13.5. The number of hydrogen-bond acceptors (Lipinski definition) is 8. The van der Waals surface area contributed by atoms with Gasteiger partial charge in [0.05, 0.1) is 13.2 Å². The molecular weight excluding hydrogens is 505 g/mol. The molecule has 0 spiro atoms. The zero-order valence-corrected chi connectivity index (χ0v) is 21.8. The summed E-state index contributed by atoms with van der Waals surface area (Å²) in [6, 6.07) is 8.11. The highest BCUT2D eigenvalue weighted by molar-refractivity contribution is 7.98. The topological polar surface area (TPSA) is 73.8 Å². The molecule has 1 N–H and O–H groups in total. The van der Waals surface area contributed by atoms with Crippen molar-refractivity contribution in [2.75, 3.05) is 77.0 Å². The lowest BCUT2D eigenvalue weighted by molar-refractivity contribution is -0.141. The third kappa shape index (κ3) is 8.03. The van der Waals surface area contributed by atoms with Gasteiger partial charge in [0.25, 0.3) is 5.91 Å². The summed E-state index contributed by atoms with van der Waals surface area (Å²) in [5.41, 5.74) is 0.482. The van der Waals surface area contributed by atoms with Crippen molar-refractivity contribution in [2.45, 2.75) is 24.0 Å². The monoisotopic (exact) mass is 538 g/mol. The summed E-state index contributed by atoms with van der Waals surface area (Å²) >= 11 is 1.16. The molecule has 4 rings (SSSR count). The molecule has 0 atom stereocenters. The Morgan fingerprint density at radius 1 is 1.03 bits per heavy atom. The standard InChI is InChI=1S/C25H33F3N6O2S/c1-2-32-9-11-34(12-10-32)22-17-21(25(26,27)28)30-24(31-22)37-18-19-3-5-20(6-4-19)23(35)29-7-8-33-13-15-36-16-14-33/h3-6,17H,2,7-16,18H2,1H3,(H,29,35). The van der Waals surface area contributed by atoms with Crippen molar-refractivity contribution in [2.24, 2.45) is 0 Å². The number of thioether (sulfide) groups is 1. The van der Waals surface area contributed by atoms with Crippen LogP contribution in [0.4, 0.5) is 19.0 Å². The molecule has 0 radical (unpaired) electrons. The normalized spacial score (nSPS) is 17.7. The van der Waals surface area contributed by atoms with E-state index in [1.54, 1.807) is 12.1 Å². The third-order valence-electron chi connectivity index (χ3n) is 6.53. The average molecular weight is 539 g/mol. The summed E-state index contributed by atoms with van der Waals surface area (Å²) in [5, 5.41) is 3.02. The molecule has 3 heterocycles. The van der Waals surface area contributed by atoms with Gasteiger partial charge in [-0.25, -0.2) is 9.97 Å². The van der Waals surface area contributed by atoms with Crippen LogP contribution in [-0.4, -0.2) is 97.8 Å². The van der Waals surface area contributed by atoms with Crippen LogP contribution in [0.5, 0.6) is 0 Å². The summed E-state index contributed by atoms with van der Waals surface area (Å²) in [6.45, 7) is 10.3. The van der Waals surface area contributed by atoms with Crippen LogP contribution in [0, 0.1) is 0 Å². The van der Waals surface area contributed by atoms with E-state index < -0.39 is 11.9 Å². The van der Waals surface area contributed by atoms with Gasteiger partial charge in [0.2, 0.25) is 0 Å². The van der Waals surface area contributed by atoms with E-state index in [9.17, 15) is 18.0 Å². The van der Waals surface area contributed by atoms with E-state index in [1.165, 1.54) is 0 Å². The van der Waals surface area contributed by atoms with Crippen LogP contribution in [0.3, 0.4) is 0 Å². The molecule has 0 aliphatic carbocycles. The molecule has 37 heavy (non-hydrogen) atoms. The summed E-state index contributed by atoms with van der Waals surface area (Å²) in [6.07, 6.45) is -4.55. The second kappa shape index (κ2) is 12.9. The first kappa shape index (κ1) is 27.6. The number of carbonyl (C=O) groups is 1. The van der Waals surface area contributed by atoms with Crippen molar-refractivity contribution >= 4 is 23.5 Å². The van der Waals surface area contributed by atoms with Gasteiger partial charge in [-0.15, -0.1) is 0 Å². The van der Waals surface area contributed by atoms with Crippen LogP contribution in [0.25, 0.3) is 0 Å². The van der Waals surface area contributed by atoms with E-state index >= 15 is 0 Å². The predicted octanol–water partition coefficient (Wildman–Crippen LogP) is 2.99. The first-order valence-corrected chi connectivity index (χ1v) is 13.5. The minimum absolute atomic E-state index is 0.0904. The number of likely N-dealkylation sites (N-methyl/N-ethyl adjacent to an activating group) is 1. The number of nitrogens with one attached hydrogen (secondary N) is 1. The Balaban J connectivity index is 1.33. The fraction of sp³-hybridized carbons (Fsp3) is 0.560. The lowest BCUT2D eigenvalue weighted by atomic mass is 10.1. The number of ether oxygens (including phenoxy) is 1. The Kier molecular flexibility index (Phi) is 9.63. The largest absolute Gasteiger partial charge is 0.433 e. The van der Waals surface area contributed by atoms with E-state index in [4.69, 9.17) is 4.74 Å². The first-order valence-electron chi connectivity index (χ1n) is 12.6. The highest BCUT2D eigenvalue weighted by atomic mass is 32.2. The third-order valence-corrected chi connectivity index (χ3v) is 7.45. The number of amides is 1. The number of aromatic nitrogens is 2. The van der Waals surface area contributed by atoms with E-state index in [1.807, 2.05) is 17.0 Å². The molecule has 2 fully saturated rings. The molecule has 1 amide bonds. The van der Waals surface area contributed by atoms with Crippen molar-refractivity contribution in [1.82, 2.24) is 25.1 Å². The van der Waals surface area contributed by atoms with Gasteiger partial charge in [0.15, 0.2) is 10.9 Å². The van der Waals surface area contributed by atoms with Gasteiger partial charge in [0, 0.05) is 69.7 Å². The SMILES string of the molecule is CCN1CCN(c2cc(C(F)(F)F)nc(SCc3ccc(C(=O)NCCN4CCOCC4)cc3)n2)CC1. The fourth-order valence-electron chi connectivity index (χ4n) is 4.23. The average Bonchev–Trinajstić information content (AvgIpc) is 2.92. The number of alkyl halides is 3. The van der Waals surface area contributed by atoms with Crippen molar-refractivity contribution in [3.8, 4) is 0 Å².